The van der Waals surface area contributed by atoms with Gasteiger partial charge in [0.15, 0.2) is 0 Å². The van der Waals surface area contributed by atoms with Gasteiger partial charge >= 0.3 is 0 Å². The lowest BCUT2D eigenvalue weighted by molar-refractivity contribution is 0.914. The van der Waals surface area contributed by atoms with Gasteiger partial charge in [-0.05, 0) is 80.9 Å². The van der Waals surface area contributed by atoms with Crippen LogP contribution in [0.15, 0.2) is 146 Å². The van der Waals surface area contributed by atoms with Gasteiger partial charge in [0.2, 0.25) is 0 Å². The lowest BCUT2D eigenvalue weighted by Gasteiger charge is -2.36. The van der Waals surface area contributed by atoms with Crippen LogP contribution in [0.2, 0.25) is 0 Å². The predicted octanol–water partition coefficient (Wildman–Crippen LogP) is 9.76. The Hall–Kier alpha value is -5.08. The minimum absolute atomic E-state index is 0.688. The summed E-state index contributed by atoms with van der Waals surface area (Å²) in [5.74, 6) is 0. The molecule has 2 aliphatic carbocycles. The summed E-state index contributed by atoms with van der Waals surface area (Å²) in [6.07, 6.45) is 1.90. The summed E-state index contributed by atoms with van der Waals surface area (Å²) in [6.45, 7) is 0.688. The molecule has 6 aromatic carbocycles. The number of rotatable bonds is 6. The number of fused-ring (bicyclic) bond motifs is 6. The van der Waals surface area contributed by atoms with E-state index in [1.807, 2.05) is 0 Å². The monoisotopic (exact) mass is 526 g/mol. The van der Waals surface area contributed by atoms with Gasteiger partial charge in [-0.25, -0.2) is 0 Å². The molecule has 0 aliphatic heterocycles. The third kappa shape index (κ3) is 4.03. The first-order chi connectivity index (χ1) is 20.3. The van der Waals surface area contributed by atoms with Gasteiger partial charge in [0.05, 0.1) is 6.67 Å². The first-order valence-corrected chi connectivity index (χ1v) is 14.4. The number of para-hydroxylation sites is 2. The van der Waals surface area contributed by atoms with Crippen LogP contribution in [-0.2, 0) is 12.8 Å². The number of hydrogen-bond donors (Lipinski definition) is 0. The van der Waals surface area contributed by atoms with Gasteiger partial charge < -0.3 is 9.80 Å². The Kier molecular flexibility index (Phi) is 5.70. The van der Waals surface area contributed by atoms with Crippen molar-refractivity contribution in [2.45, 2.75) is 12.8 Å². The molecular weight excluding hydrogens is 496 g/mol. The van der Waals surface area contributed by atoms with Crippen molar-refractivity contribution in [1.29, 1.82) is 0 Å². The molecule has 0 amide bonds. The average Bonchev–Trinajstić information content (AvgIpc) is 3.62. The second-order valence-corrected chi connectivity index (χ2v) is 10.9. The van der Waals surface area contributed by atoms with Crippen LogP contribution >= 0.6 is 0 Å². The molecule has 0 saturated carbocycles. The Morgan fingerprint density at radius 1 is 0.366 bits per heavy atom. The van der Waals surface area contributed by atoms with Gasteiger partial charge in [0, 0.05) is 35.6 Å². The van der Waals surface area contributed by atoms with Gasteiger partial charge in [-0.15, -0.1) is 0 Å². The van der Waals surface area contributed by atoms with Crippen LogP contribution in [-0.4, -0.2) is 6.67 Å². The van der Waals surface area contributed by atoms with Gasteiger partial charge in [0.25, 0.3) is 0 Å². The molecular formula is C39H30N2. The molecule has 0 N–H and O–H groups in total. The molecule has 0 heterocycles. The largest absolute Gasteiger partial charge is 0.323 e. The quantitative estimate of drug-likeness (QED) is 0.199. The van der Waals surface area contributed by atoms with E-state index in [9.17, 15) is 0 Å². The zero-order chi connectivity index (χ0) is 27.2. The number of nitrogens with zero attached hydrogens (tertiary/aromatic N) is 2. The molecule has 2 aliphatic rings. The second-order valence-electron chi connectivity index (χ2n) is 10.9. The summed E-state index contributed by atoms with van der Waals surface area (Å²) >= 11 is 0. The van der Waals surface area contributed by atoms with Gasteiger partial charge in [-0.1, -0.05) is 109 Å². The fourth-order valence-electron chi connectivity index (χ4n) is 6.74. The molecule has 0 unspecified atom stereocenters. The van der Waals surface area contributed by atoms with E-state index in [0.717, 1.165) is 12.8 Å². The Labute approximate surface area is 241 Å². The minimum Gasteiger partial charge on any atom is -0.323 e. The van der Waals surface area contributed by atoms with E-state index in [1.165, 1.54) is 67.3 Å². The highest BCUT2D eigenvalue weighted by atomic mass is 15.3. The maximum Gasteiger partial charge on any atom is 0.1000 e. The molecule has 0 saturated heterocycles. The van der Waals surface area contributed by atoms with E-state index in [2.05, 4.69) is 155 Å². The van der Waals surface area contributed by atoms with Crippen molar-refractivity contribution < 1.29 is 0 Å². The van der Waals surface area contributed by atoms with Crippen LogP contribution < -0.4 is 9.80 Å². The van der Waals surface area contributed by atoms with Crippen molar-refractivity contribution >= 4 is 22.7 Å². The molecule has 0 atom stereocenters. The maximum absolute atomic E-state index is 2.50. The summed E-state index contributed by atoms with van der Waals surface area (Å²) in [6, 6.07) is 53.0. The molecule has 0 radical (unpaired) electrons. The van der Waals surface area contributed by atoms with E-state index in [1.54, 1.807) is 0 Å². The molecule has 6 aromatic rings. The van der Waals surface area contributed by atoms with Gasteiger partial charge in [0.1, 0.15) is 0 Å². The Morgan fingerprint density at radius 3 is 1.22 bits per heavy atom. The van der Waals surface area contributed by atoms with Crippen molar-refractivity contribution in [3.05, 3.63) is 168 Å². The minimum atomic E-state index is 0.688. The molecule has 2 nitrogen and oxygen atoms in total. The number of hydrogen-bond acceptors (Lipinski definition) is 2. The fraction of sp³-hybridized carbons (Fsp3) is 0.0769. The second kappa shape index (κ2) is 9.83. The predicted molar refractivity (Wildman–Crippen MR) is 171 cm³/mol. The Balaban J connectivity index is 1.29. The molecule has 0 fully saturated rings. The molecule has 41 heavy (non-hydrogen) atoms. The van der Waals surface area contributed by atoms with Crippen LogP contribution in [0.4, 0.5) is 22.7 Å². The highest BCUT2D eigenvalue weighted by Gasteiger charge is 2.28. The Bertz CT molecular complexity index is 1740. The van der Waals surface area contributed by atoms with Crippen LogP contribution in [0.25, 0.3) is 22.3 Å². The summed E-state index contributed by atoms with van der Waals surface area (Å²) in [7, 11) is 0. The van der Waals surface area contributed by atoms with Crippen molar-refractivity contribution in [2.24, 2.45) is 0 Å². The van der Waals surface area contributed by atoms with E-state index in [4.69, 9.17) is 0 Å². The topological polar surface area (TPSA) is 6.48 Å². The standard InChI is InChI=1S/C39H30N2/c1-3-15-30(16-4-1)40(38-23-11-21-34-32-19-9-7-13-28(32)25-36(34)38)27-41(31-17-5-2-6-18-31)39-24-12-22-35-33-20-10-8-14-29(33)26-37(35)39/h1-24H,25-27H2. The highest BCUT2D eigenvalue weighted by molar-refractivity contribution is 5.87. The fourth-order valence-corrected chi connectivity index (χ4v) is 6.74. The van der Waals surface area contributed by atoms with Crippen molar-refractivity contribution in [1.82, 2.24) is 0 Å². The molecule has 2 heteroatoms. The summed E-state index contributed by atoms with van der Waals surface area (Å²) in [5, 5.41) is 0. The van der Waals surface area contributed by atoms with E-state index in [-0.39, 0.29) is 0 Å². The zero-order valence-electron chi connectivity index (χ0n) is 22.9. The normalized spacial score (nSPS) is 12.3. The maximum atomic E-state index is 2.50. The zero-order valence-corrected chi connectivity index (χ0v) is 22.9. The lowest BCUT2D eigenvalue weighted by Crippen LogP contribution is -2.33. The third-order valence-electron chi connectivity index (χ3n) is 8.65. The number of benzene rings is 6. The molecule has 196 valence electrons. The van der Waals surface area contributed by atoms with Crippen LogP contribution in [0.5, 0.6) is 0 Å². The Morgan fingerprint density at radius 2 is 0.756 bits per heavy atom. The van der Waals surface area contributed by atoms with Crippen LogP contribution in [0.1, 0.15) is 22.3 Å². The summed E-state index contributed by atoms with van der Waals surface area (Å²) < 4.78 is 0. The van der Waals surface area contributed by atoms with Crippen LogP contribution in [0, 0.1) is 0 Å². The molecule has 0 aromatic heterocycles. The van der Waals surface area contributed by atoms with Gasteiger partial charge in [-0.3, -0.25) is 0 Å². The average molecular weight is 527 g/mol. The summed E-state index contributed by atoms with van der Waals surface area (Å²) in [5.41, 5.74) is 15.9. The summed E-state index contributed by atoms with van der Waals surface area (Å²) in [4.78, 5) is 5.00. The van der Waals surface area contributed by atoms with Crippen molar-refractivity contribution in [2.75, 3.05) is 16.5 Å². The number of anilines is 4. The van der Waals surface area contributed by atoms with E-state index in [0.29, 0.717) is 6.67 Å². The molecule has 0 bridgehead atoms. The first-order valence-electron chi connectivity index (χ1n) is 14.4. The van der Waals surface area contributed by atoms with Gasteiger partial charge in [-0.2, -0.15) is 0 Å². The van der Waals surface area contributed by atoms with E-state index >= 15 is 0 Å². The van der Waals surface area contributed by atoms with Crippen molar-refractivity contribution in [3.8, 4) is 22.3 Å². The first kappa shape index (κ1) is 23.8. The highest BCUT2D eigenvalue weighted by Crippen LogP contribution is 2.46. The molecule has 0 spiro atoms. The SMILES string of the molecule is c1ccc(N(CN(c2ccccc2)c2cccc3c2Cc2ccccc2-3)c2cccc3c2Cc2ccccc2-3)cc1. The molecule has 8 rings (SSSR count). The van der Waals surface area contributed by atoms with Crippen molar-refractivity contribution in [3.63, 3.8) is 0 Å². The van der Waals surface area contributed by atoms with E-state index < -0.39 is 0 Å². The van der Waals surface area contributed by atoms with Crippen LogP contribution in [0.3, 0.4) is 0 Å². The third-order valence-corrected chi connectivity index (χ3v) is 8.65. The lowest BCUT2D eigenvalue weighted by atomic mass is 10.0. The smallest absolute Gasteiger partial charge is 0.1000 e.